The van der Waals surface area contributed by atoms with Crippen LogP contribution >= 0.6 is 12.4 Å². The van der Waals surface area contributed by atoms with Crippen molar-refractivity contribution >= 4 is 34.0 Å². The summed E-state index contributed by atoms with van der Waals surface area (Å²) in [5.41, 5.74) is 5.71. The van der Waals surface area contributed by atoms with Crippen molar-refractivity contribution in [2.75, 3.05) is 11.9 Å². The molecule has 2 aliphatic rings. The van der Waals surface area contributed by atoms with Gasteiger partial charge in [0.05, 0.1) is 6.10 Å². The van der Waals surface area contributed by atoms with Gasteiger partial charge in [-0.25, -0.2) is 17.5 Å². The zero-order chi connectivity index (χ0) is 17.3. The predicted molar refractivity (Wildman–Crippen MR) is 92.6 cm³/mol. The van der Waals surface area contributed by atoms with Gasteiger partial charge in [0.25, 0.3) is 5.91 Å². The minimum atomic E-state index is -3.94. The molecule has 1 saturated carbocycles. The summed E-state index contributed by atoms with van der Waals surface area (Å²) < 4.78 is 46.2. The van der Waals surface area contributed by atoms with Crippen LogP contribution in [0.3, 0.4) is 0 Å². The monoisotopic (exact) mass is 393 g/mol. The molecule has 3 rings (SSSR count). The standard InChI is InChI=1S/C15H20FN3O4S.ClH/c16-12-5-3-10(7-14(12)24(21,22)19-9-1-2-9)18-15(20)13-6-4-11(8-17)23-13;/h3,5,7,9,11,13,19H,1-2,4,6,8,17H2,(H,18,20);1H/t11-,13+;/m1./s1. The largest absolute Gasteiger partial charge is 0.364 e. The van der Waals surface area contributed by atoms with Gasteiger partial charge in [-0.3, -0.25) is 4.79 Å². The number of hydrogen-bond acceptors (Lipinski definition) is 5. The highest BCUT2D eigenvalue weighted by molar-refractivity contribution is 7.89. The topological polar surface area (TPSA) is 111 Å². The Morgan fingerprint density at radius 3 is 2.60 bits per heavy atom. The molecule has 0 bridgehead atoms. The minimum absolute atomic E-state index is 0. The molecular formula is C15H21ClFN3O4S. The Kier molecular flexibility index (Phi) is 6.39. The molecule has 1 aromatic rings. The number of sulfonamides is 1. The Morgan fingerprint density at radius 1 is 1.28 bits per heavy atom. The Labute approximate surface area is 151 Å². The van der Waals surface area contributed by atoms with E-state index >= 15 is 0 Å². The van der Waals surface area contributed by atoms with Crippen LogP contribution in [0.25, 0.3) is 0 Å². The fourth-order valence-corrected chi connectivity index (χ4v) is 3.97. The molecule has 7 nitrogen and oxygen atoms in total. The van der Waals surface area contributed by atoms with Crippen LogP contribution in [-0.4, -0.2) is 39.1 Å². The van der Waals surface area contributed by atoms with Crippen LogP contribution in [-0.2, 0) is 19.6 Å². The lowest BCUT2D eigenvalue weighted by Gasteiger charge is -2.14. The summed E-state index contributed by atoms with van der Waals surface area (Å²) in [6, 6.07) is 3.33. The van der Waals surface area contributed by atoms with Gasteiger partial charge in [-0.1, -0.05) is 0 Å². The van der Waals surface area contributed by atoms with Crippen molar-refractivity contribution in [2.24, 2.45) is 5.73 Å². The van der Waals surface area contributed by atoms with Gasteiger partial charge in [0.2, 0.25) is 10.0 Å². The van der Waals surface area contributed by atoms with Gasteiger partial charge >= 0.3 is 0 Å². The van der Waals surface area contributed by atoms with Crippen molar-refractivity contribution in [2.45, 2.75) is 48.8 Å². The summed E-state index contributed by atoms with van der Waals surface area (Å²) in [4.78, 5) is 11.7. The van der Waals surface area contributed by atoms with Gasteiger partial charge in [0, 0.05) is 18.3 Å². The van der Waals surface area contributed by atoms with Crippen molar-refractivity contribution in [1.29, 1.82) is 0 Å². The second-order valence-corrected chi connectivity index (χ2v) is 7.77. The highest BCUT2D eigenvalue weighted by atomic mass is 35.5. The first-order chi connectivity index (χ1) is 11.4. The Bertz CT molecular complexity index is 742. The fraction of sp³-hybridized carbons (Fsp3) is 0.533. The molecule has 2 atom stereocenters. The number of nitrogens with one attached hydrogen (secondary N) is 2. The van der Waals surface area contributed by atoms with E-state index in [0.29, 0.717) is 19.4 Å². The molecular weight excluding hydrogens is 373 g/mol. The summed E-state index contributed by atoms with van der Waals surface area (Å²) in [5.74, 6) is -1.25. The smallest absolute Gasteiger partial charge is 0.253 e. The summed E-state index contributed by atoms with van der Waals surface area (Å²) in [5, 5.41) is 2.57. The lowest BCUT2D eigenvalue weighted by Crippen LogP contribution is -2.30. The number of rotatable bonds is 6. The summed E-state index contributed by atoms with van der Waals surface area (Å²) in [7, 11) is -3.94. The fourth-order valence-electron chi connectivity index (χ4n) is 2.57. The van der Waals surface area contributed by atoms with Crippen LogP contribution in [0, 0.1) is 5.82 Å². The zero-order valence-electron chi connectivity index (χ0n) is 13.4. The Hall–Kier alpha value is -1.26. The number of nitrogens with two attached hydrogens (primary N) is 1. The van der Waals surface area contributed by atoms with Gasteiger partial charge in [-0.15, -0.1) is 12.4 Å². The number of carbonyl (C=O) groups excluding carboxylic acids is 1. The lowest BCUT2D eigenvalue weighted by molar-refractivity contribution is -0.126. The number of halogens is 2. The van der Waals surface area contributed by atoms with Crippen LogP contribution in [0.2, 0.25) is 0 Å². The van der Waals surface area contributed by atoms with Crippen LogP contribution in [0.4, 0.5) is 10.1 Å². The third kappa shape index (κ3) is 4.89. The van der Waals surface area contributed by atoms with E-state index in [4.69, 9.17) is 10.5 Å². The molecule has 1 aromatic carbocycles. The molecule has 1 heterocycles. The Morgan fingerprint density at radius 2 is 2.00 bits per heavy atom. The molecule has 0 spiro atoms. The predicted octanol–water partition coefficient (Wildman–Crippen LogP) is 1.13. The SMILES string of the molecule is Cl.NC[C@H]1CC[C@@H](C(=O)Nc2ccc(F)c(S(=O)(=O)NC3CC3)c2)O1. The first-order valence-electron chi connectivity index (χ1n) is 7.87. The third-order valence-corrected chi connectivity index (χ3v) is 5.59. The molecule has 1 saturated heterocycles. The van der Waals surface area contributed by atoms with Gasteiger partial charge in [0.1, 0.15) is 16.8 Å². The summed E-state index contributed by atoms with van der Waals surface area (Å²) in [6.07, 6.45) is 1.96. The summed E-state index contributed by atoms with van der Waals surface area (Å²) in [6.45, 7) is 0.343. The van der Waals surface area contributed by atoms with E-state index in [-0.39, 0.29) is 30.2 Å². The second kappa shape index (κ2) is 7.96. The maximum atomic E-state index is 13.9. The van der Waals surface area contributed by atoms with Crippen LogP contribution in [0.1, 0.15) is 25.7 Å². The number of ether oxygens (including phenoxy) is 1. The first kappa shape index (κ1) is 20.1. The van der Waals surface area contributed by atoms with E-state index < -0.39 is 32.7 Å². The molecule has 1 aliphatic carbocycles. The van der Waals surface area contributed by atoms with Gasteiger partial charge in [0.15, 0.2) is 0 Å². The van der Waals surface area contributed by atoms with Crippen molar-refractivity contribution in [3.63, 3.8) is 0 Å². The maximum absolute atomic E-state index is 13.9. The maximum Gasteiger partial charge on any atom is 0.253 e. The van der Waals surface area contributed by atoms with Crippen molar-refractivity contribution in [3.8, 4) is 0 Å². The van der Waals surface area contributed by atoms with E-state index in [2.05, 4.69) is 10.0 Å². The van der Waals surface area contributed by atoms with Crippen molar-refractivity contribution < 1.29 is 22.3 Å². The molecule has 1 amide bonds. The quantitative estimate of drug-likeness (QED) is 0.671. The molecule has 2 fully saturated rings. The number of hydrogen-bond donors (Lipinski definition) is 3. The molecule has 10 heteroatoms. The van der Waals surface area contributed by atoms with E-state index in [9.17, 15) is 17.6 Å². The third-order valence-electron chi connectivity index (χ3n) is 4.05. The van der Waals surface area contributed by atoms with Crippen molar-refractivity contribution in [1.82, 2.24) is 4.72 Å². The average molecular weight is 394 g/mol. The first-order valence-corrected chi connectivity index (χ1v) is 9.35. The van der Waals surface area contributed by atoms with Gasteiger partial charge < -0.3 is 15.8 Å². The van der Waals surface area contributed by atoms with Crippen molar-refractivity contribution in [3.05, 3.63) is 24.0 Å². The van der Waals surface area contributed by atoms with Crippen LogP contribution < -0.4 is 15.8 Å². The van der Waals surface area contributed by atoms with Crippen LogP contribution in [0.15, 0.2) is 23.1 Å². The molecule has 0 unspecified atom stereocenters. The number of carbonyl (C=O) groups is 1. The molecule has 0 aromatic heterocycles. The lowest BCUT2D eigenvalue weighted by atomic mass is 10.2. The molecule has 4 N–H and O–H groups in total. The minimum Gasteiger partial charge on any atom is -0.364 e. The van der Waals surface area contributed by atoms with Crippen LogP contribution in [0.5, 0.6) is 0 Å². The number of benzene rings is 1. The molecule has 140 valence electrons. The van der Waals surface area contributed by atoms with E-state index in [1.807, 2.05) is 0 Å². The van der Waals surface area contributed by atoms with E-state index in [0.717, 1.165) is 25.0 Å². The highest BCUT2D eigenvalue weighted by Gasteiger charge is 2.31. The molecule has 1 aliphatic heterocycles. The number of anilines is 1. The van der Waals surface area contributed by atoms with E-state index in [1.54, 1.807) is 0 Å². The highest BCUT2D eigenvalue weighted by Crippen LogP contribution is 2.26. The van der Waals surface area contributed by atoms with Gasteiger partial charge in [-0.2, -0.15) is 0 Å². The normalized spacial score (nSPS) is 23.1. The second-order valence-electron chi connectivity index (χ2n) is 6.09. The summed E-state index contributed by atoms with van der Waals surface area (Å²) >= 11 is 0. The molecule has 25 heavy (non-hydrogen) atoms. The van der Waals surface area contributed by atoms with E-state index in [1.165, 1.54) is 6.07 Å². The average Bonchev–Trinajstić information content (AvgIpc) is 3.20. The zero-order valence-corrected chi connectivity index (χ0v) is 15.0. The number of amides is 1. The Balaban J connectivity index is 0.00000225. The van der Waals surface area contributed by atoms with Gasteiger partial charge in [-0.05, 0) is 43.9 Å². The molecule has 0 radical (unpaired) electrons.